The Bertz CT molecular complexity index is 644. The average Bonchev–Trinajstić information content (AvgIpc) is 2.78. The molecule has 0 aromatic heterocycles. The summed E-state index contributed by atoms with van der Waals surface area (Å²) in [4.78, 5) is 0. The van der Waals surface area contributed by atoms with Crippen LogP contribution in [-0.2, 0) is 10.3 Å². The van der Waals surface area contributed by atoms with Gasteiger partial charge in [0, 0.05) is 0 Å². The minimum Gasteiger partial charge on any atom is -0.497 e. The molecule has 1 heterocycles. The molecule has 21 heavy (non-hydrogen) atoms. The molecule has 1 aliphatic rings. The van der Waals surface area contributed by atoms with E-state index in [9.17, 15) is 0 Å². The second-order valence-electron chi connectivity index (χ2n) is 5.73. The van der Waals surface area contributed by atoms with Crippen molar-refractivity contribution >= 4 is 0 Å². The van der Waals surface area contributed by atoms with Crippen LogP contribution in [0.1, 0.15) is 36.6 Å². The van der Waals surface area contributed by atoms with Crippen LogP contribution >= 0.6 is 0 Å². The first-order valence-corrected chi connectivity index (χ1v) is 7.05. The first kappa shape index (κ1) is 14.0. The van der Waals surface area contributed by atoms with E-state index in [4.69, 9.17) is 14.2 Å². The molecule has 3 heteroatoms. The lowest BCUT2D eigenvalue weighted by Crippen LogP contribution is -2.16. The van der Waals surface area contributed by atoms with Crippen LogP contribution in [0, 0.1) is 0 Å². The Kier molecular flexibility index (Phi) is 3.38. The van der Waals surface area contributed by atoms with Gasteiger partial charge in [-0.25, -0.2) is 0 Å². The highest BCUT2D eigenvalue weighted by Crippen LogP contribution is 2.47. The lowest BCUT2D eigenvalue weighted by Gasteiger charge is -2.21. The van der Waals surface area contributed by atoms with Crippen molar-refractivity contribution in [1.29, 1.82) is 0 Å². The molecule has 0 amide bonds. The number of rotatable bonds is 3. The predicted molar refractivity (Wildman–Crippen MR) is 81.9 cm³/mol. The molecule has 0 saturated heterocycles. The van der Waals surface area contributed by atoms with Gasteiger partial charge < -0.3 is 14.2 Å². The fraction of sp³-hybridized carbons (Fsp3) is 0.333. The highest BCUT2D eigenvalue weighted by atomic mass is 16.5. The van der Waals surface area contributed by atoms with Gasteiger partial charge >= 0.3 is 0 Å². The Morgan fingerprint density at radius 2 is 1.52 bits per heavy atom. The van der Waals surface area contributed by atoms with Crippen LogP contribution in [0.3, 0.4) is 0 Å². The van der Waals surface area contributed by atoms with E-state index in [1.807, 2.05) is 18.2 Å². The Hall–Kier alpha value is -2.00. The molecule has 0 radical (unpaired) electrons. The monoisotopic (exact) mass is 284 g/mol. The molecular formula is C18H20O3. The second kappa shape index (κ2) is 5.08. The van der Waals surface area contributed by atoms with Crippen LogP contribution in [0.2, 0.25) is 0 Å². The summed E-state index contributed by atoms with van der Waals surface area (Å²) in [5.74, 6) is 1.71. The summed E-state index contributed by atoms with van der Waals surface area (Å²) in [6.45, 7) is 4.18. The normalized spacial score (nSPS) is 19.1. The van der Waals surface area contributed by atoms with Crippen molar-refractivity contribution in [3.8, 4) is 11.5 Å². The van der Waals surface area contributed by atoms with Crippen LogP contribution in [0.5, 0.6) is 11.5 Å². The second-order valence-corrected chi connectivity index (χ2v) is 5.73. The van der Waals surface area contributed by atoms with Gasteiger partial charge in [0.1, 0.15) is 17.6 Å². The van der Waals surface area contributed by atoms with Crippen LogP contribution in [0.15, 0.2) is 42.5 Å². The summed E-state index contributed by atoms with van der Waals surface area (Å²) >= 11 is 0. The fourth-order valence-electron chi connectivity index (χ4n) is 2.86. The predicted octanol–water partition coefficient (Wildman–Crippen LogP) is 4.06. The summed E-state index contributed by atoms with van der Waals surface area (Å²) in [5, 5.41) is 0. The number of methoxy groups -OCH3 is 2. The number of benzene rings is 2. The van der Waals surface area contributed by atoms with Crippen LogP contribution in [0.25, 0.3) is 0 Å². The number of ether oxygens (including phenoxy) is 3. The molecule has 0 fully saturated rings. The van der Waals surface area contributed by atoms with Gasteiger partial charge in [-0.2, -0.15) is 0 Å². The van der Waals surface area contributed by atoms with Gasteiger partial charge in [0.2, 0.25) is 0 Å². The number of fused-ring (bicyclic) bond motifs is 1. The maximum atomic E-state index is 6.28. The van der Waals surface area contributed by atoms with Gasteiger partial charge in [0.25, 0.3) is 0 Å². The van der Waals surface area contributed by atoms with E-state index in [0.29, 0.717) is 0 Å². The highest BCUT2D eigenvalue weighted by Gasteiger charge is 2.38. The van der Waals surface area contributed by atoms with Gasteiger partial charge in [-0.3, -0.25) is 0 Å². The molecule has 2 aromatic rings. The smallest absolute Gasteiger partial charge is 0.119 e. The molecule has 0 unspecified atom stereocenters. The number of hydrogen-bond acceptors (Lipinski definition) is 3. The third-order valence-corrected chi connectivity index (χ3v) is 4.02. The molecule has 0 bridgehead atoms. The molecule has 1 aliphatic heterocycles. The summed E-state index contributed by atoms with van der Waals surface area (Å²) < 4.78 is 16.8. The van der Waals surface area contributed by atoms with Crippen molar-refractivity contribution < 1.29 is 14.2 Å². The molecule has 3 rings (SSSR count). The topological polar surface area (TPSA) is 27.7 Å². The maximum Gasteiger partial charge on any atom is 0.119 e. The van der Waals surface area contributed by atoms with E-state index < -0.39 is 0 Å². The molecule has 2 aromatic carbocycles. The lowest BCUT2D eigenvalue weighted by atomic mass is 9.92. The van der Waals surface area contributed by atoms with Gasteiger partial charge in [-0.05, 0) is 54.8 Å². The lowest BCUT2D eigenvalue weighted by molar-refractivity contribution is -0.0341. The molecule has 0 aliphatic carbocycles. The summed E-state index contributed by atoms with van der Waals surface area (Å²) in [7, 11) is 3.36. The van der Waals surface area contributed by atoms with E-state index in [1.54, 1.807) is 14.2 Å². The summed E-state index contributed by atoms with van der Waals surface area (Å²) in [6, 6.07) is 14.2. The summed E-state index contributed by atoms with van der Waals surface area (Å²) in [5.41, 5.74) is 3.19. The Morgan fingerprint density at radius 1 is 0.905 bits per heavy atom. The van der Waals surface area contributed by atoms with E-state index in [-0.39, 0.29) is 11.7 Å². The summed E-state index contributed by atoms with van der Waals surface area (Å²) in [6.07, 6.45) is -0.0492. The largest absolute Gasteiger partial charge is 0.497 e. The number of hydrogen-bond donors (Lipinski definition) is 0. The van der Waals surface area contributed by atoms with Crippen LogP contribution in [0.4, 0.5) is 0 Å². The standard InChI is InChI=1S/C18H20O3/c1-18(2)16-11-14(20-4)9-10-15(16)17(21-18)12-5-7-13(19-3)8-6-12/h5-11,17H,1-4H3/t17-/m1/s1. The van der Waals surface area contributed by atoms with Crippen molar-refractivity contribution in [2.24, 2.45) is 0 Å². The van der Waals surface area contributed by atoms with Crippen molar-refractivity contribution in [1.82, 2.24) is 0 Å². The van der Waals surface area contributed by atoms with Gasteiger partial charge in [0.15, 0.2) is 0 Å². The molecule has 3 nitrogen and oxygen atoms in total. The molecule has 110 valence electrons. The molecule has 0 spiro atoms. The fourth-order valence-corrected chi connectivity index (χ4v) is 2.86. The van der Waals surface area contributed by atoms with E-state index >= 15 is 0 Å². The van der Waals surface area contributed by atoms with Crippen molar-refractivity contribution in [3.63, 3.8) is 0 Å². The van der Waals surface area contributed by atoms with Crippen molar-refractivity contribution in [2.45, 2.75) is 25.6 Å². The van der Waals surface area contributed by atoms with Crippen LogP contribution < -0.4 is 9.47 Å². The molecular weight excluding hydrogens is 264 g/mol. The maximum absolute atomic E-state index is 6.28. The molecule has 0 saturated carbocycles. The van der Waals surface area contributed by atoms with E-state index in [2.05, 4.69) is 38.1 Å². The van der Waals surface area contributed by atoms with Gasteiger partial charge in [0.05, 0.1) is 19.8 Å². The Morgan fingerprint density at radius 3 is 2.14 bits per heavy atom. The quantitative estimate of drug-likeness (QED) is 0.850. The van der Waals surface area contributed by atoms with Crippen LogP contribution in [-0.4, -0.2) is 14.2 Å². The third-order valence-electron chi connectivity index (χ3n) is 4.02. The highest BCUT2D eigenvalue weighted by molar-refractivity contribution is 5.47. The van der Waals surface area contributed by atoms with Gasteiger partial charge in [-0.1, -0.05) is 18.2 Å². The first-order valence-electron chi connectivity index (χ1n) is 7.05. The minimum atomic E-state index is -0.325. The Balaban J connectivity index is 2.03. The third kappa shape index (κ3) is 2.38. The zero-order valence-electron chi connectivity index (χ0n) is 12.8. The molecule has 0 N–H and O–H groups in total. The Labute approximate surface area is 125 Å². The van der Waals surface area contributed by atoms with E-state index in [0.717, 1.165) is 17.1 Å². The minimum absolute atomic E-state index is 0.0492. The van der Waals surface area contributed by atoms with E-state index in [1.165, 1.54) is 11.1 Å². The van der Waals surface area contributed by atoms with Crippen molar-refractivity contribution in [2.75, 3.05) is 14.2 Å². The average molecular weight is 284 g/mol. The zero-order valence-corrected chi connectivity index (χ0v) is 12.8. The van der Waals surface area contributed by atoms with Gasteiger partial charge in [-0.15, -0.1) is 0 Å². The SMILES string of the molecule is COc1ccc([C@H]2OC(C)(C)c3cc(OC)ccc32)cc1. The molecule has 1 atom stereocenters. The first-order chi connectivity index (χ1) is 10.0. The van der Waals surface area contributed by atoms with Crippen molar-refractivity contribution in [3.05, 3.63) is 59.2 Å². The zero-order chi connectivity index (χ0) is 15.0.